The van der Waals surface area contributed by atoms with Gasteiger partial charge in [-0.05, 0) is 6.92 Å². The molecule has 13 heavy (non-hydrogen) atoms. The molecule has 1 unspecified atom stereocenters. The van der Waals surface area contributed by atoms with E-state index in [9.17, 15) is 18.0 Å². The molecular formula is C7H10F3NO2. The monoisotopic (exact) mass is 197 g/mol. The first-order chi connectivity index (χ1) is 5.78. The lowest BCUT2D eigenvalue weighted by atomic mass is 10.2. The van der Waals surface area contributed by atoms with Gasteiger partial charge in [0, 0.05) is 0 Å². The van der Waals surface area contributed by atoms with Crippen molar-refractivity contribution in [2.75, 3.05) is 6.54 Å². The van der Waals surface area contributed by atoms with Crippen molar-refractivity contribution in [3.05, 3.63) is 12.3 Å². The Morgan fingerprint density at radius 3 is 2.46 bits per heavy atom. The van der Waals surface area contributed by atoms with Gasteiger partial charge in [-0.3, -0.25) is 4.79 Å². The van der Waals surface area contributed by atoms with E-state index in [1.54, 1.807) is 0 Å². The van der Waals surface area contributed by atoms with E-state index in [0.717, 1.165) is 0 Å². The quantitative estimate of drug-likeness (QED) is 0.695. The highest BCUT2D eigenvalue weighted by Gasteiger charge is 2.40. The van der Waals surface area contributed by atoms with E-state index in [0.29, 0.717) is 6.92 Å². The second-order valence-corrected chi connectivity index (χ2v) is 2.46. The number of hydrogen-bond acceptors (Lipinski definition) is 2. The molecule has 0 aromatic heterocycles. The van der Waals surface area contributed by atoms with Crippen LogP contribution < -0.4 is 5.32 Å². The Morgan fingerprint density at radius 2 is 2.15 bits per heavy atom. The van der Waals surface area contributed by atoms with Crippen LogP contribution in [-0.4, -0.2) is 29.7 Å². The van der Waals surface area contributed by atoms with Crippen molar-refractivity contribution >= 4 is 5.97 Å². The number of alkyl halides is 3. The van der Waals surface area contributed by atoms with Crippen molar-refractivity contribution in [2.45, 2.75) is 19.0 Å². The van der Waals surface area contributed by atoms with Crippen molar-refractivity contribution in [3.8, 4) is 0 Å². The zero-order chi connectivity index (χ0) is 10.6. The molecule has 0 fully saturated rings. The van der Waals surface area contributed by atoms with Crippen molar-refractivity contribution in [2.24, 2.45) is 0 Å². The van der Waals surface area contributed by atoms with Gasteiger partial charge >= 0.3 is 11.9 Å². The second kappa shape index (κ2) is 4.15. The van der Waals surface area contributed by atoms with E-state index in [1.165, 1.54) is 0 Å². The molecule has 0 aromatic rings. The maximum atomic E-state index is 12.7. The summed E-state index contributed by atoms with van der Waals surface area (Å²) in [5.41, 5.74) is -0.926. The average molecular weight is 197 g/mol. The van der Waals surface area contributed by atoms with Crippen molar-refractivity contribution in [1.29, 1.82) is 0 Å². The van der Waals surface area contributed by atoms with E-state index in [4.69, 9.17) is 5.11 Å². The number of nitrogens with one attached hydrogen (secondary N) is 1. The highest BCUT2D eigenvalue weighted by atomic mass is 19.3. The topological polar surface area (TPSA) is 49.3 Å². The van der Waals surface area contributed by atoms with E-state index in [1.807, 2.05) is 5.32 Å². The zero-order valence-electron chi connectivity index (χ0n) is 6.98. The van der Waals surface area contributed by atoms with Gasteiger partial charge in [0.15, 0.2) is 6.17 Å². The first-order valence-electron chi connectivity index (χ1n) is 3.45. The Kier molecular flexibility index (Phi) is 3.77. The molecule has 0 saturated heterocycles. The molecule has 0 heterocycles. The lowest BCUT2D eigenvalue weighted by Crippen LogP contribution is -2.38. The van der Waals surface area contributed by atoms with Crippen LogP contribution in [-0.2, 0) is 4.79 Å². The third kappa shape index (κ3) is 3.35. The minimum absolute atomic E-state index is 0.674. The molecule has 0 aliphatic carbocycles. The fourth-order valence-electron chi connectivity index (χ4n) is 0.540. The fraction of sp³-hybridized carbons (Fsp3) is 0.571. The highest BCUT2D eigenvalue weighted by Crippen LogP contribution is 2.26. The summed E-state index contributed by atoms with van der Waals surface area (Å²) < 4.78 is 37.6. The summed E-state index contributed by atoms with van der Waals surface area (Å²) in [6.07, 6.45) is -2.40. The van der Waals surface area contributed by atoms with Crippen LogP contribution >= 0.6 is 0 Å². The van der Waals surface area contributed by atoms with E-state index in [-0.39, 0.29) is 0 Å². The molecule has 0 rings (SSSR count). The van der Waals surface area contributed by atoms with Gasteiger partial charge in [0.2, 0.25) is 0 Å². The summed E-state index contributed by atoms with van der Waals surface area (Å²) in [6, 6.07) is 0. The summed E-state index contributed by atoms with van der Waals surface area (Å²) in [5.74, 6) is -5.06. The Bertz CT molecular complexity index is 216. The third-order valence-electron chi connectivity index (χ3n) is 1.35. The molecule has 0 aliphatic rings. The van der Waals surface area contributed by atoms with E-state index in [2.05, 4.69) is 6.58 Å². The van der Waals surface area contributed by atoms with Crippen LogP contribution in [0.5, 0.6) is 0 Å². The van der Waals surface area contributed by atoms with Gasteiger partial charge in [-0.15, -0.1) is 0 Å². The number of hydrogen-bond donors (Lipinski definition) is 2. The van der Waals surface area contributed by atoms with Crippen LogP contribution in [0.2, 0.25) is 0 Å². The van der Waals surface area contributed by atoms with Crippen molar-refractivity contribution in [1.82, 2.24) is 5.32 Å². The number of carboxylic acid groups (broad SMARTS) is 1. The SMILES string of the molecule is C=C(NCC(=O)O)C(F)(F)C(C)F. The number of carboxylic acids is 1. The largest absolute Gasteiger partial charge is 0.480 e. The normalized spacial score (nSPS) is 13.5. The first-order valence-corrected chi connectivity index (χ1v) is 3.45. The van der Waals surface area contributed by atoms with Gasteiger partial charge < -0.3 is 10.4 Å². The predicted molar refractivity (Wildman–Crippen MR) is 40.3 cm³/mol. The maximum Gasteiger partial charge on any atom is 0.322 e. The lowest BCUT2D eigenvalue weighted by Gasteiger charge is -2.20. The smallest absolute Gasteiger partial charge is 0.322 e. The van der Waals surface area contributed by atoms with Crippen molar-refractivity contribution < 1.29 is 23.1 Å². The van der Waals surface area contributed by atoms with Crippen LogP contribution in [0.15, 0.2) is 12.3 Å². The number of aliphatic carboxylic acids is 1. The highest BCUT2D eigenvalue weighted by molar-refractivity contribution is 5.69. The Hall–Kier alpha value is -1.20. The minimum Gasteiger partial charge on any atom is -0.480 e. The Balaban J connectivity index is 4.18. The number of rotatable bonds is 5. The van der Waals surface area contributed by atoms with E-state index >= 15 is 0 Å². The summed E-state index contributed by atoms with van der Waals surface area (Å²) >= 11 is 0. The Morgan fingerprint density at radius 1 is 1.69 bits per heavy atom. The third-order valence-corrected chi connectivity index (χ3v) is 1.35. The maximum absolute atomic E-state index is 12.7. The molecule has 6 heteroatoms. The summed E-state index contributed by atoms with van der Waals surface area (Å²) in [5, 5.41) is 9.94. The molecular weight excluding hydrogens is 187 g/mol. The van der Waals surface area contributed by atoms with Gasteiger partial charge in [0.1, 0.15) is 6.54 Å². The predicted octanol–water partition coefficient (Wildman–Crippen LogP) is 1.17. The number of halogens is 3. The van der Waals surface area contributed by atoms with Gasteiger partial charge in [0.25, 0.3) is 0 Å². The first kappa shape index (κ1) is 11.8. The summed E-state index contributed by atoms with van der Waals surface area (Å²) in [4.78, 5) is 9.96. The molecule has 0 saturated carbocycles. The van der Waals surface area contributed by atoms with Crippen LogP contribution in [0.3, 0.4) is 0 Å². The standard InChI is InChI=1S/C7H10F3NO2/c1-4(8)7(9,10)5(2)11-3-6(12)13/h4,11H,2-3H2,1H3,(H,12,13). The van der Waals surface area contributed by atoms with Crippen LogP contribution in [0.4, 0.5) is 13.2 Å². The number of carbonyl (C=O) groups is 1. The Labute approximate surface area is 73.2 Å². The molecule has 2 N–H and O–H groups in total. The van der Waals surface area contributed by atoms with Gasteiger partial charge in [-0.1, -0.05) is 6.58 Å². The summed E-state index contributed by atoms with van der Waals surface area (Å²) in [6.45, 7) is 2.82. The van der Waals surface area contributed by atoms with Crippen LogP contribution in [0, 0.1) is 0 Å². The average Bonchev–Trinajstić information content (AvgIpc) is 1.99. The molecule has 3 nitrogen and oxygen atoms in total. The fourth-order valence-corrected chi connectivity index (χ4v) is 0.540. The van der Waals surface area contributed by atoms with E-state index < -0.39 is 30.3 Å². The van der Waals surface area contributed by atoms with Crippen LogP contribution in [0.1, 0.15) is 6.92 Å². The molecule has 1 atom stereocenters. The summed E-state index contributed by atoms with van der Waals surface area (Å²) in [7, 11) is 0. The lowest BCUT2D eigenvalue weighted by molar-refractivity contribution is -0.136. The van der Waals surface area contributed by atoms with Crippen LogP contribution in [0.25, 0.3) is 0 Å². The second-order valence-electron chi connectivity index (χ2n) is 2.46. The van der Waals surface area contributed by atoms with Crippen molar-refractivity contribution in [3.63, 3.8) is 0 Å². The molecule has 76 valence electrons. The number of allylic oxidation sites excluding steroid dienone is 1. The molecule has 0 spiro atoms. The van der Waals surface area contributed by atoms with Gasteiger partial charge in [0.05, 0.1) is 5.70 Å². The van der Waals surface area contributed by atoms with Gasteiger partial charge in [-0.2, -0.15) is 8.78 Å². The molecule has 0 amide bonds. The zero-order valence-corrected chi connectivity index (χ0v) is 6.98. The molecule has 0 bridgehead atoms. The molecule has 0 aliphatic heterocycles. The molecule has 0 aromatic carbocycles. The molecule has 0 radical (unpaired) electrons. The van der Waals surface area contributed by atoms with Gasteiger partial charge in [-0.25, -0.2) is 4.39 Å². The minimum atomic E-state index is -3.74.